The Kier molecular flexibility index (Phi) is 7.82. The van der Waals surface area contributed by atoms with Crippen molar-refractivity contribution in [2.45, 2.75) is 66.2 Å². The van der Waals surface area contributed by atoms with Crippen LogP contribution in [0.4, 0.5) is 11.4 Å². The Hall–Kier alpha value is -4.25. The molecule has 0 saturated heterocycles. The highest BCUT2D eigenvalue weighted by atomic mass is 35.5. The molecule has 0 spiro atoms. The maximum Gasteiger partial charge on any atom is 0.318 e. The van der Waals surface area contributed by atoms with Crippen LogP contribution in [0, 0.1) is 31.1 Å². The summed E-state index contributed by atoms with van der Waals surface area (Å²) in [5.74, 6) is -0.925. The van der Waals surface area contributed by atoms with Crippen LogP contribution in [0.5, 0.6) is 17.2 Å². The Morgan fingerprint density at radius 2 is 1.45 bits per heavy atom. The summed E-state index contributed by atoms with van der Waals surface area (Å²) >= 11 is 6.77. The number of hydrogen-bond acceptors (Lipinski definition) is 9. The first-order chi connectivity index (χ1) is 20.6. The first-order valence-corrected chi connectivity index (χ1v) is 14.7. The van der Waals surface area contributed by atoms with Crippen LogP contribution in [0.25, 0.3) is 0 Å². The molecule has 0 bridgehead atoms. The van der Waals surface area contributed by atoms with Crippen molar-refractivity contribution in [1.82, 2.24) is 4.90 Å². The summed E-state index contributed by atoms with van der Waals surface area (Å²) in [5.41, 5.74) is 1.95. The summed E-state index contributed by atoms with van der Waals surface area (Å²) in [7, 11) is 1.38. The van der Waals surface area contributed by atoms with Gasteiger partial charge in [0.25, 0.3) is 5.69 Å². The topological polar surface area (TPSA) is 142 Å². The van der Waals surface area contributed by atoms with E-state index in [1.165, 1.54) is 7.11 Å². The maximum absolute atomic E-state index is 13.9. The van der Waals surface area contributed by atoms with Crippen molar-refractivity contribution in [2.75, 3.05) is 13.7 Å². The van der Waals surface area contributed by atoms with Gasteiger partial charge in [0.2, 0.25) is 5.75 Å². The molecular formula is C32H34ClN3O8. The second-order valence-electron chi connectivity index (χ2n) is 13.1. The van der Waals surface area contributed by atoms with Crippen molar-refractivity contribution in [3.63, 3.8) is 0 Å². The lowest BCUT2D eigenvalue weighted by atomic mass is 9.63. The minimum absolute atomic E-state index is 0.0270. The zero-order valence-corrected chi connectivity index (χ0v) is 26.2. The highest BCUT2D eigenvalue weighted by Gasteiger charge is 2.49. The third kappa shape index (κ3) is 5.45. The average Bonchev–Trinajstić information content (AvgIpc) is 2.91. The van der Waals surface area contributed by atoms with Gasteiger partial charge in [0.1, 0.15) is 0 Å². The molecule has 0 N–H and O–H groups in total. The van der Waals surface area contributed by atoms with Crippen molar-refractivity contribution in [3.05, 3.63) is 83.7 Å². The van der Waals surface area contributed by atoms with Crippen molar-refractivity contribution < 1.29 is 28.9 Å². The molecule has 3 aliphatic rings. The van der Waals surface area contributed by atoms with Gasteiger partial charge < -0.3 is 14.4 Å². The zero-order chi connectivity index (χ0) is 32.3. The fraction of sp³-hybridized carbons (Fsp3) is 0.438. The molecule has 0 unspecified atom stereocenters. The summed E-state index contributed by atoms with van der Waals surface area (Å²) in [6.07, 6.45) is 2.00. The van der Waals surface area contributed by atoms with Gasteiger partial charge in [-0.05, 0) is 54.4 Å². The quantitative estimate of drug-likeness (QED) is 0.224. The predicted octanol–water partition coefficient (Wildman–Crippen LogP) is 7.66. The van der Waals surface area contributed by atoms with Gasteiger partial charge in [0, 0.05) is 53.9 Å². The number of halogens is 1. The molecule has 5 rings (SSSR count). The molecular weight excluding hydrogens is 590 g/mol. The molecule has 0 radical (unpaired) electrons. The summed E-state index contributed by atoms with van der Waals surface area (Å²) in [5, 5.41) is 22.9. The number of nitro benzene ring substituents is 2. The van der Waals surface area contributed by atoms with Gasteiger partial charge in [-0.1, -0.05) is 39.3 Å². The van der Waals surface area contributed by atoms with Crippen molar-refractivity contribution in [1.29, 1.82) is 0 Å². The van der Waals surface area contributed by atoms with Gasteiger partial charge >= 0.3 is 5.69 Å². The van der Waals surface area contributed by atoms with Crippen molar-refractivity contribution in [2.24, 2.45) is 10.8 Å². The van der Waals surface area contributed by atoms with E-state index in [2.05, 4.69) is 32.6 Å². The molecule has 11 nitrogen and oxygen atoms in total. The van der Waals surface area contributed by atoms with Crippen molar-refractivity contribution in [3.8, 4) is 17.2 Å². The smallest absolute Gasteiger partial charge is 0.318 e. The number of methoxy groups -OCH3 is 1. The van der Waals surface area contributed by atoms with Gasteiger partial charge in [-0.25, -0.2) is 0 Å². The van der Waals surface area contributed by atoms with Crippen LogP contribution in [0.1, 0.15) is 71.8 Å². The number of carbonyl (C=O) groups is 2. The Balaban J connectivity index is 1.69. The second kappa shape index (κ2) is 11.0. The molecule has 0 aromatic heterocycles. The number of hydrogen-bond donors (Lipinski definition) is 0. The standard InChI is InChI=1S/C32H34ClN3O8/c1-7-34-21-13-31(2,3)15-23(37)28(21)27(29-22(34)14-32(4,5)16-24(29)38)17-10-19(33)30(26(11-17)43-6)44-25-9-8-18(35(39)40)12-20(25)36(41)42/h8-12,27H,7,13-16H2,1-6H3. The fourth-order valence-corrected chi connectivity index (χ4v) is 6.98. The van der Waals surface area contributed by atoms with Crippen LogP contribution in [-0.2, 0) is 9.59 Å². The third-order valence-corrected chi connectivity index (χ3v) is 8.77. The average molecular weight is 624 g/mol. The van der Waals surface area contributed by atoms with Crippen LogP contribution in [0.3, 0.4) is 0 Å². The number of nitrogens with zero attached hydrogens (tertiary/aromatic N) is 3. The summed E-state index contributed by atoms with van der Waals surface area (Å²) < 4.78 is 11.5. The highest BCUT2D eigenvalue weighted by molar-refractivity contribution is 6.32. The maximum atomic E-state index is 13.9. The Morgan fingerprint density at radius 3 is 1.93 bits per heavy atom. The number of carbonyl (C=O) groups excluding carboxylic acids is 2. The monoisotopic (exact) mass is 623 g/mol. The van der Waals surface area contributed by atoms with Crippen LogP contribution >= 0.6 is 11.6 Å². The first kappa shape index (κ1) is 31.2. The van der Waals surface area contributed by atoms with E-state index in [0.717, 1.165) is 29.6 Å². The van der Waals surface area contributed by atoms with Crippen LogP contribution in [0.15, 0.2) is 52.9 Å². The summed E-state index contributed by atoms with van der Waals surface area (Å²) in [6, 6.07) is 6.25. The molecule has 2 aliphatic carbocycles. The molecule has 232 valence electrons. The number of nitro groups is 2. The lowest BCUT2D eigenvalue weighted by Crippen LogP contribution is -2.44. The number of ketones is 2. The van der Waals surface area contributed by atoms with Gasteiger partial charge in [0.15, 0.2) is 23.1 Å². The number of benzene rings is 2. The largest absolute Gasteiger partial charge is 0.493 e. The minimum atomic E-state index is -0.785. The van der Waals surface area contributed by atoms with E-state index in [9.17, 15) is 29.8 Å². The molecule has 12 heteroatoms. The number of allylic oxidation sites excluding steroid dienone is 4. The normalized spacial score (nSPS) is 19.5. The van der Waals surface area contributed by atoms with E-state index in [4.69, 9.17) is 21.1 Å². The lowest BCUT2D eigenvalue weighted by Gasteiger charge is -2.49. The van der Waals surface area contributed by atoms with Gasteiger partial charge in [-0.15, -0.1) is 0 Å². The summed E-state index contributed by atoms with van der Waals surface area (Å²) in [6.45, 7) is 10.9. The minimum Gasteiger partial charge on any atom is -0.493 e. The molecule has 0 fully saturated rings. The molecule has 0 atom stereocenters. The van der Waals surface area contributed by atoms with Crippen LogP contribution < -0.4 is 9.47 Å². The Labute approximate surface area is 259 Å². The van der Waals surface area contributed by atoms with Gasteiger partial charge in [0.05, 0.1) is 28.0 Å². The Bertz CT molecular complexity index is 1640. The molecule has 1 heterocycles. The highest BCUT2D eigenvalue weighted by Crippen LogP contribution is 2.55. The van der Waals surface area contributed by atoms with E-state index in [-0.39, 0.29) is 44.7 Å². The second-order valence-corrected chi connectivity index (χ2v) is 13.5. The number of Topliss-reactive ketones (excluding diaryl/α,β-unsaturated/α-hetero) is 2. The summed E-state index contributed by atoms with van der Waals surface area (Å²) in [4.78, 5) is 51.3. The van der Waals surface area contributed by atoms with E-state index in [1.54, 1.807) is 12.1 Å². The van der Waals surface area contributed by atoms with Gasteiger partial charge in [-0.3, -0.25) is 29.8 Å². The molecule has 0 saturated carbocycles. The first-order valence-electron chi connectivity index (χ1n) is 14.4. The van der Waals surface area contributed by atoms with E-state index in [1.807, 2.05) is 6.92 Å². The Morgan fingerprint density at radius 1 is 0.886 bits per heavy atom. The molecule has 44 heavy (non-hydrogen) atoms. The predicted molar refractivity (Wildman–Crippen MR) is 163 cm³/mol. The van der Waals surface area contributed by atoms with E-state index in [0.29, 0.717) is 48.9 Å². The van der Waals surface area contributed by atoms with Crippen LogP contribution in [-0.4, -0.2) is 40.0 Å². The fourth-order valence-electron chi connectivity index (χ4n) is 6.73. The third-order valence-electron chi connectivity index (χ3n) is 8.49. The molecule has 2 aromatic carbocycles. The molecule has 0 amide bonds. The molecule has 1 aliphatic heterocycles. The number of ether oxygens (including phenoxy) is 2. The zero-order valence-electron chi connectivity index (χ0n) is 25.5. The molecule has 2 aromatic rings. The SMILES string of the molecule is CCN1C2=C(C(=O)CC(C)(C)C2)C(c2cc(Cl)c(Oc3ccc([N+](=O)[O-])cc3[N+](=O)[O-])c(OC)c2)C2=C1CC(C)(C)CC2=O. The lowest BCUT2D eigenvalue weighted by molar-refractivity contribution is -0.394. The number of non-ortho nitro benzene ring substituents is 1. The van der Waals surface area contributed by atoms with Crippen molar-refractivity contribution >= 4 is 34.5 Å². The van der Waals surface area contributed by atoms with Crippen LogP contribution in [0.2, 0.25) is 5.02 Å². The number of rotatable bonds is 7. The van der Waals surface area contributed by atoms with E-state index >= 15 is 0 Å². The van der Waals surface area contributed by atoms with E-state index < -0.39 is 27.1 Å². The van der Waals surface area contributed by atoms with Gasteiger partial charge in [-0.2, -0.15) is 0 Å².